The van der Waals surface area contributed by atoms with Crippen LogP contribution in [0.3, 0.4) is 0 Å². The highest BCUT2D eigenvalue weighted by Gasteiger charge is 2.29. The van der Waals surface area contributed by atoms with E-state index in [0.717, 1.165) is 0 Å². The number of hydrogen-bond donors (Lipinski definition) is 2. The van der Waals surface area contributed by atoms with Gasteiger partial charge in [0.1, 0.15) is 0 Å². The number of amides is 1. The molecule has 0 heterocycles. The molecular weight excluding hydrogens is 236 g/mol. The molecule has 0 radical (unpaired) electrons. The van der Waals surface area contributed by atoms with Gasteiger partial charge < -0.3 is 11.1 Å². The largest absolute Gasteiger partial charge is 0.355 e. The van der Waals surface area contributed by atoms with E-state index in [1.807, 2.05) is 18.2 Å². The Balaban J connectivity index is 1.83. The lowest BCUT2D eigenvalue weighted by atomic mass is 9.81. The summed E-state index contributed by atoms with van der Waals surface area (Å²) in [5, 5.41) is 2.97. The molecular formula is C16H24N2O. The Morgan fingerprint density at radius 3 is 2.58 bits per heavy atom. The third-order valence-electron chi connectivity index (χ3n) is 3.92. The molecule has 1 unspecified atom stereocenters. The van der Waals surface area contributed by atoms with Gasteiger partial charge in [-0.2, -0.15) is 0 Å². The number of nitrogens with two attached hydrogens (primary N) is 1. The van der Waals surface area contributed by atoms with Gasteiger partial charge in [-0.3, -0.25) is 4.79 Å². The predicted octanol–water partition coefficient (Wildman–Crippen LogP) is 2.21. The van der Waals surface area contributed by atoms with Crippen molar-refractivity contribution in [3.8, 4) is 0 Å². The van der Waals surface area contributed by atoms with Crippen LogP contribution in [0.15, 0.2) is 30.3 Å². The van der Waals surface area contributed by atoms with Crippen molar-refractivity contribution in [3.05, 3.63) is 35.9 Å². The zero-order valence-corrected chi connectivity index (χ0v) is 11.9. The molecule has 1 fully saturated rings. The molecule has 0 saturated heterocycles. The maximum absolute atomic E-state index is 12.0. The van der Waals surface area contributed by atoms with Crippen LogP contribution in [0.5, 0.6) is 0 Å². The minimum atomic E-state index is -0.144. The summed E-state index contributed by atoms with van der Waals surface area (Å²) in [7, 11) is 0. The van der Waals surface area contributed by atoms with Gasteiger partial charge in [0.15, 0.2) is 0 Å². The number of rotatable bonds is 6. The molecule has 1 aromatic rings. The molecule has 3 N–H and O–H groups in total. The lowest BCUT2D eigenvalue weighted by Crippen LogP contribution is -2.40. The minimum absolute atomic E-state index is 0.0879. The molecule has 3 nitrogen and oxygen atoms in total. The van der Waals surface area contributed by atoms with Crippen molar-refractivity contribution in [2.45, 2.75) is 44.6 Å². The van der Waals surface area contributed by atoms with Gasteiger partial charge in [-0.15, -0.1) is 0 Å². The van der Waals surface area contributed by atoms with Gasteiger partial charge in [-0.1, -0.05) is 44.2 Å². The molecule has 19 heavy (non-hydrogen) atoms. The van der Waals surface area contributed by atoms with Crippen molar-refractivity contribution in [3.63, 3.8) is 0 Å². The Labute approximate surface area is 115 Å². The fraction of sp³-hybridized carbons (Fsp3) is 0.562. The van der Waals surface area contributed by atoms with Crippen molar-refractivity contribution in [2.24, 2.45) is 11.7 Å². The molecule has 0 aromatic heterocycles. The number of benzene rings is 1. The first-order chi connectivity index (χ1) is 8.99. The van der Waals surface area contributed by atoms with E-state index in [2.05, 4.69) is 31.3 Å². The summed E-state index contributed by atoms with van der Waals surface area (Å²) < 4.78 is 0. The highest BCUT2D eigenvalue weighted by molar-refractivity contribution is 5.77. The van der Waals surface area contributed by atoms with Gasteiger partial charge in [0.05, 0.1) is 0 Å². The number of carbonyl (C=O) groups excluding carboxylic acids is 1. The van der Waals surface area contributed by atoms with Gasteiger partial charge in [0.25, 0.3) is 0 Å². The Hall–Kier alpha value is -1.35. The molecule has 1 aliphatic carbocycles. The Morgan fingerprint density at radius 1 is 1.37 bits per heavy atom. The van der Waals surface area contributed by atoms with Crippen LogP contribution < -0.4 is 11.1 Å². The van der Waals surface area contributed by atoms with Crippen LogP contribution in [0, 0.1) is 5.92 Å². The van der Waals surface area contributed by atoms with E-state index in [1.165, 1.54) is 18.4 Å². The summed E-state index contributed by atoms with van der Waals surface area (Å²) in [6, 6.07) is 10.3. The second-order valence-corrected chi connectivity index (χ2v) is 6.23. The van der Waals surface area contributed by atoms with E-state index < -0.39 is 0 Å². The van der Waals surface area contributed by atoms with Gasteiger partial charge >= 0.3 is 0 Å². The highest BCUT2D eigenvalue weighted by Crippen LogP contribution is 2.31. The zero-order chi connectivity index (χ0) is 13.9. The Bertz CT molecular complexity index is 424. The topological polar surface area (TPSA) is 55.1 Å². The molecule has 1 aromatic carbocycles. The fourth-order valence-corrected chi connectivity index (χ4v) is 2.38. The molecule has 1 atom stereocenters. The van der Waals surface area contributed by atoms with E-state index in [4.69, 9.17) is 5.73 Å². The van der Waals surface area contributed by atoms with Gasteiger partial charge in [-0.25, -0.2) is 0 Å². The lowest BCUT2D eigenvalue weighted by molar-refractivity contribution is -0.122. The SMILES string of the molecule is CC(C)(CC(=O)NCC(N)C1CC1)c1ccccc1. The average Bonchev–Trinajstić information content (AvgIpc) is 3.21. The first-order valence-corrected chi connectivity index (χ1v) is 7.07. The summed E-state index contributed by atoms with van der Waals surface area (Å²) in [6.07, 6.45) is 2.92. The van der Waals surface area contributed by atoms with Crippen LogP contribution in [0.25, 0.3) is 0 Å². The maximum atomic E-state index is 12.0. The standard InChI is InChI=1S/C16H24N2O/c1-16(2,13-6-4-3-5-7-13)10-15(19)18-11-14(17)12-8-9-12/h3-7,12,14H,8-11,17H2,1-2H3,(H,18,19). The van der Waals surface area contributed by atoms with Gasteiger partial charge in [-0.05, 0) is 29.7 Å². The quantitative estimate of drug-likeness (QED) is 0.824. The molecule has 2 rings (SSSR count). The molecule has 1 saturated carbocycles. The summed E-state index contributed by atoms with van der Waals surface area (Å²) >= 11 is 0. The second-order valence-electron chi connectivity index (χ2n) is 6.23. The molecule has 104 valence electrons. The summed E-state index contributed by atoms with van der Waals surface area (Å²) in [6.45, 7) is 4.81. The van der Waals surface area contributed by atoms with Crippen LogP contribution in [-0.4, -0.2) is 18.5 Å². The van der Waals surface area contributed by atoms with E-state index in [0.29, 0.717) is 18.9 Å². The minimum Gasteiger partial charge on any atom is -0.355 e. The van der Waals surface area contributed by atoms with Crippen molar-refractivity contribution < 1.29 is 4.79 Å². The lowest BCUT2D eigenvalue weighted by Gasteiger charge is -2.25. The molecule has 0 aliphatic heterocycles. The summed E-state index contributed by atoms with van der Waals surface area (Å²) in [5.41, 5.74) is 7.03. The first-order valence-electron chi connectivity index (χ1n) is 7.07. The maximum Gasteiger partial charge on any atom is 0.220 e. The summed E-state index contributed by atoms with van der Waals surface area (Å²) in [5.74, 6) is 0.715. The monoisotopic (exact) mass is 260 g/mol. The third kappa shape index (κ3) is 4.06. The molecule has 1 aliphatic rings. The molecule has 1 amide bonds. The third-order valence-corrected chi connectivity index (χ3v) is 3.92. The number of nitrogens with one attached hydrogen (secondary N) is 1. The molecule has 0 spiro atoms. The van der Waals surface area contributed by atoms with Crippen molar-refractivity contribution in [2.75, 3.05) is 6.54 Å². The van der Waals surface area contributed by atoms with Crippen LogP contribution in [-0.2, 0) is 10.2 Å². The van der Waals surface area contributed by atoms with Crippen molar-refractivity contribution >= 4 is 5.91 Å². The average molecular weight is 260 g/mol. The first kappa shape index (κ1) is 14.1. The predicted molar refractivity (Wildman–Crippen MR) is 77.8 cm³/mol. The smallest absolute Gasteiger partial charge is 0.220 e. The van der Waals surface area contributed by atoms with E-state index in [9.17, 15) is 4.79 Å². The van der Waals surface area contributed by atoms with E-state index >= 15 is 0 Å². The Morgan fingerprint density at radius 2 is 2.00 bits per heavy atom. The van der Waals surface area contributed by atoms with Crippen LogP contribution >= 0.6 is 0 Å². The van der Waals surface area contributed by atoms with Crippen LogP contribution in [0.1, 0.15) is 38.7 Å². The number of hydrogen-bond acceptors (Lipinski definition) is 2. The van der Waals surface area contributed by atoms with E-state index in [-0.39, 0.29) is 17.4 Å². The summed E-state index contributed by atoms with van der Waals surface area (Å²) in [4.78, 5) is 12.0. The molecule has 0 bridgehead atoms. The van der Waals surface area contributed by atoms with E-state index in [1.54, 1.807) is 0 Å². The zero-order valence-electron chi connectivity index (χ0n) is 11.9. The van der Waals surface area contributed by atoms with Gasteiger partial charge in [0, 0.05) is 19.0 Å². The van der Waals surface area contributed by atoms with Crippen molar-refractivity contribution in [1.82, 2.24) is 5.32 Å². The second kappa shape index (κ2) is 5.74. The normalized spacial score (nSPS) is 17.0. The Kier molecular flexibility index (Phi) is 4.25. The van der Waals surface area contributed by atoms with Crippen LogP contribution in [0.2, 0.25) is 0 Å². The van der Waals surface area contributed by atoms with Gasteiger partial charge in [0.2, 0.25) is 5.91 Å². The highest BCUT2D eigenvalue weighted by atomic mass is 16.1. The van der Waals surface area contributed by atoms with Crippen LogP contribution in [0.4, 0.5) is 0 Å². The fourth-order valence-electron chi connectivity index (χ4n) is 2.38. The van der Waals surface area contributed by atoms with Crippen molar-refractivity contribution in [1.29, 1.82) is 0 Å². The molecule has 3 heteroatoms. The number of carbonyl (C=O) groups is 1.